The Hall–Kier alpha value is -0.780. The van der Waals surface area contributed by atoms with Crippen molar-refractivity contribution in [2.45, 2.75) is 38.6 Å². The largest absolute Gasteiger partial charge is 0.332 e. The quantitative estimate of drug-likeness (QED) is 0.748. The molecule has 0 aliphatic carbocycles. The molecule has 0 N–H and O–H groups in total. The Balaban J connectivity index is 2.01. The smallest absolute Gasteiger partial charge is 0.233 e. The number of carbonyl (C=O) groups is 1. The van der Waals surface area contributed by atoms with Crippen LogP contribution in [0.2, 0.25) is 0 Å². The van der Waals surface area contributed by atoms with E-state index in [1.54, 1.807) is 34.4 Å². The molecular formula is C16H21NOS3. The maximum atomic E-state index is 12.6. The van der Waals surface area contributed by atoms with E-state index in [1.807, 2.05) is 17.0 Å². The lowest BCUT2D eigenvalue weighted by molar-refractivity contribution is -0.129. The molecule has 0 saturated heterocycles. The molecule has 1 amide bonds. The van der Waals surface area contributed by atoms with E-state index in [-0.39, 0.29) is 10.7 Å². The van der Waals surface area contributed by atoms with Crippen LogP contribution in [0, 0.1) is 0 Å². The third-order valence-electron chi connectivity index (χ3n) is 2.83. The van der Waals surface area contributed by atoms with E-state index in [2.05, 4.69) is 43.7 Å². The lowest BCUT2D eigenvalue weighted by Crippen LogP contribution is -2.32. The molecule has 5 heteroatoms. The van der Waals surface area contributed by atoms with Crippen molar-refractivity contribution in [3.8, 4) is 0 Å². The number of amides is 1. The number of hydrogen-bond acceptors (Lipinski definition) is 4. The summed E-state index contributed by atoms with van der Waals surface area (Å²) in [7, 11) is 0. The Kier molecular flexibility index (Phi) is 5.90. The predicted octanol–water partition coefficient (Wildman–Crippen LogP) is 4.87. The first-order valence-electron chi connectivity index (χ1n) is 6.90. The van der Waals surface area contributed by atoms with E-state index < -0.39 is 0 Å². The number of thiophene rings is 2. The number of carbonyl (C=O) groups excluding carboxylic acids is 1. The van der Waals surface area contributed by atoms with Gasteiger partial charge in [0.05, 0.1) is 18.8 Å². The van der Waals surface area contributed by atoms with Crippen LogP contribution in [-0.2, 0) is 17.9 Å². The summed E-state index contributed by atoms with van der Waals surface area (Å²) in [4.78, 5) is 17.0. The molecule has 0 aliphatic rings. The second-order valence-corrected chi connectivity index (χ2v) is 9.68. The highest BCUT2D eigenvalue weighted by molar-refractivity contribution is 8.01. The van der Waals surface area contributed by atoms with Crippen LogP contribution in [0.4, 0.5) is 0 Å². The third-order valence-corrected chi connectivity index (χ3v) is 5.81. The van der Waals surface area contributed by atoms with E-state index in [4.69, 9.17) is 0 Å². The van der Waals surface area contributed by atoms with E-state index in [0.29, 0.717) is 18.8 Å². The van der Waals surface area contributed by atoms with Crippen LogP contribution in [-0.4, -0.2) is 21.3 Å². The molecule has 0 bridgehead atoms. The molecule has 0 aromatic carbocycles. The molecule has 0 unspecified atom stereocenters. The minimum Gasteiger partial charge on any atom is -0.332 e. The second-order valence-electron chi connectivity index (χ2n) is 5.81. The zero-order chi connectivity index (χ0) is 15.3. The van der Waals surface area contributed by atoms with Gasteiger partial charge in [-0.3, -0.25) is 4.79 Å². The number of rotatable bonds is 6. The standard InChI is InChI=1S/C16H21NOS3/c1-16(2,3)21-12-15(18)17(10-13-6-4-8-19-13)11-14-7-5-9-20-14/h4-9H,10-12H2,1-3H3. The molecule has 2 aromatic rings. The van der Waals surface area contributed by atoms with Gasteiger partial charge in [0.15, 0.2) is 0 Å². The summed E-state index contributed by atoms with van der Waals surface area (Å²) < 4.78 is 0.118. The topological polar surface area (TPSA) is 20.3 Å². The van der Waals surface area contributed by atoms with Gasteiger partial charge < -0.3 is 4.90 Å². The zero-order valence-corrected chi connectivity index (χ0v) is 15.1. The van der Waals surface area contributed by atoms with Gasteiger partial charge in [-0.2, -0.15) is 0 Å². The Morgan fingerprint density at radius 3 is 2.00 bits per heavy atom. The van der Waals surface area contributed by atoms with E-state index in [0.717, 1.165) is 0 Å². The molecule has 2 heterocycles. The van der Waals surface area contributed by atoms with Crippen molar-refractivity contribution in [2.24, 2.45) is 0 Å². The average Bonchev–Trinajstić information content (AvgIpc) is 3.07. The highest BCUT2D eigenvalue weighted by atomic mass is 32.2. The first-order valence-corrected chi connectivity index (χ1v) is 9.65. The molecule has 0 radical (unpaired) electrons. The maximum Gasteiger partial charge on any atom is 0.233 e. The van der Waals surface area contributed by atoms with Crippen LogP contribution in [0.3, 0.4) is 0 Å². The summed E-state index contributed by atoms with van der Waals surface area (Å²) in [6, 6.07) is 8.27. The SMILES string of the molecule is CC(C)(C)SCC(=O)N(Cc1cccs1)Cc1cccs1. The molecular weight excluding hydrogens is 318 g/mol. The minimum absolute atomic E-state index is 0.118. The van der Waals surface area contributed by atoms with Crippen molar-refractivity contribution in [1.82, 2.24) is 4.90 Å². The molecule has 0 fully saturated rings. The van der Waals surface area contributed by atoms with Crippen molar-refractivity contribution >= 4 is 40.3 Å². The van der Waals surface area contributed by atoms with Gasteiger partial charge in [-0.05, 0) is 22.9 Å². The van der Waals surface area contributed by atoms with Gasteiger partial charge in [0.1, 0.15) is 0 Å². The maximum absolute atomic E-state index is 12.6. The monoisotopic (exact) mass is 339 g/mol. The Labute approximate surface area is 139 Å². The van der Waals surface area contributed by atoms with Gasteiger partial charge in [0.2, 0.25) is 5.91 Å². The Bertz CT molecular complexity index is 504. The molecule has 0 aliphatic heterocycles. The molecule has 0 spiro atoms. The van der Waals surface area contributed by atoms with E-state index >= 15 is 0 Å². The summed E-state index contributed by atoms with van der Waals surface area (Å²) >= 11 is 5.13. The van der Waals surface area contributed by atoms with Crippen LogP contribution in [0.1, 0.15) is 30.5 Å². The number of nitrogens with zero attached hydrogens (tertiary/aromatic N) is 1. The molecule has 2 aromatic heterocycles. The van der Waals surface area contributed by atoms with Gasteiger partial charge >= 0.3 is 0 Å². The third kappa shape index (κ3) is 5.85. The normalized spacial score (nSPS) is 11.6. The molecule has 2 rings (SSSR count). The van der Waals surface area contributed by atoms with Crippen molar-refractivity contribution in [1.29, 1.82) is 0 Å². The first-order chi connectivity index (χ1) is 9.94. The summed E-state index contributed by atoms with van der Waals surface area (Å²) in [5.74, 6) is 0.761. The highest BCUT2D eigenvalue weighted by Gasteiger charge is 2.19. The van der Waals surface area contributed by atoms with Gasteiger partial charge in [0, 0.05) is 14.5 Å². The lowest BCUT2D eigenvalue weighted by atomic mass is 10.3. The fourth-order valence-corrected chi connectivity index (χ4v) is 3.96. The summed E-state index contributed by atoms with van der Waals surface area (Å²) in [5, 5.41) is 4.13. The number of hydrogen-bond donors (Lipinski definition) is 0. The molecule has 21 heavy (non-hydrogen) atoms. The van der Waals surface area contributed by atoms with Gasteiger partial charge in [-0.1, -0.05) is 32.9 Å². The zero-order valence-electron chi connectivity index (χ0n) is 12.7. The van der Waals surface area contributed by atoms with Gasteiger partial charge in [0.25, 0.3) is 0 Å². The van der Waals surface area contributed by atoms with E-state index in [1.165, 1.54) is 9.75 Å². The van der Waals surface area contributed by atoms with Crippen molar-refractivity contribution in [2.75, 3.05) is 5.75 Å². The summed E-state index contributed by atoms with van der Waals surface area (Å²) in [6.07, 6.45) is 0. The van der Waals surface area contributed by atoms with Crippen LogP contribution < -0.4 is 0 Å². The fourth-order valence-electron chi connectivity index (χ4n) is 1.78. The van der Waals surface area contributed by atoms with Crippen molar-refractivity contribution < 1.29 is 4.79 Å². The highest BCUT2D eigenvalue weighted by Crippen LogP contribution is 2.24. The molecule has 0 saturated carbocycles. The Morgan fingerprint density at radius 1 is 1.10 bits per heavy atom. The van der Waals surface area contributed by atoms with Gasteiger partial charge in [-0.25, -0.2) is 0 Å². The van der Waals surface area contributed by atoms with Crippen LogP contribution in [0.15, 0.2) is 35.0 Å². The molecule has 114 valence electrons. The average molecular weight is 340 g/mol. The fraction of sp³-hybridized carbons (Fsp3) is 0.438. The van der Waals surface area contributed by atoms with Gasteiger partial charge in [-0.15, -0.1) is 34.4 Å². The molecule has 0 atom stereocenters. The van der Waals surface area contributed by atoms with Crippen LogP contribution in [0.5, 0.6) is 0 Å². The predicted molar refractivity (Wildman–Crippen MR) is 95.1 cm³/mol. The minimum atomic E-state index is 0.118. The second kappa shape index (κ2) is 7.47. The van der Waals surface area contributed by atoms with Crippen molar-refractivity contribution in [3.05, 3.63) is 44.8 Å². The molecule has 2 nitrogen and oxygen atoms in total. The summed E-state index contributed by atoms with van der Waals surface area (Å²) in [5.41, 5.74) is 0. The van der Waals surface area contributed by atoms with E-state index in [9.17, 15) is 4.79 Å². The number of thioether (sulfide) groups is 1. The summed E-state index contributed by atoms with van der Waals surface area (Å²) in [6.45, 7) is 7.85. The first kappa shape index (κ1) is 16.6. The van der Waals surface area contributed by atoms with Crippen molar-refractivity contribution in [3.63, 3.8) is 0 Å². The lowest BCUT2D eigenvalue weighted by Gasteiger charge is -2.24. The van der Waals surface area contributed by atoms with Crippen LogP contribution >= 0.6 is 34.4 Å². The Morgan fingerprint density at radius 2 is 1.62 bits per heavy atom. The van der Waals surface area contributed by atoms with Crippen LogP contribution in [0.25, 0.3) is 0 Å².